The van der Waals surface area contributed by atoms with Crippen molar-refractivity contribution in [3.05, 3.63) is 59.8 Å². The fourth-order valence-corrected chi connectivity index (χ4v) is 4.66. The van der Waals surface area contributed by atoms with Crippen LogP contribution >= 0.6 is 0 Å². The molecule has 1 N–H and O–H groups in total. The lowest BCUT2D eigenvalue weighted by molar-refractivity contribution is -0.152. The van der Waals surface area contributed by atoms with Crippen molar-refractivity contribution in [3.63, 3.8) is 0 Å². The van der Waals surface area contributed by atoms with Crippen LogP contribution in [-0.4, -0.2) is 20.0 Å². The number of rotatable bonds is 6. The monoisotopic (exact) mass is 518 g/mol. The Morgan fingerprint density at radius 2 is 1.60 bits per heavy atom. The third kappa shape index (κ3) is 6.16. The third-order valence-corrected chi connectivity index (χ3v) is 7.00. The van der Waals surface area contributed by atoms with Gasteiger partial charge in [-0.1, -0.05) is 44.2 Å². The highest BCUT2D eigenvalue weighted by Crippen LogP contribution is 2.42. The quantitative estimate of drug-likeness (QED) is 0.269. The molecule has 3 nitrogen and oxygen atoms in total. The van der Waals surface area contributed by atoms with Crippen LogP contribution in [0.5, 0.6) is 0 Å². The van der Waals surface area contributed by atoms with Crippen LogP contribution in [0.25, 0.3) is 22.0 Å². The number of alkyl halides is 6. The molecule has 2 aromatic carbocycles. The minimum atomic E-state index is -4.75. The average molecular weight is 519 g/mol. The minimum Gasteiger partial charge on any atom is -0.598 e. The Morgan fingerprint density at radius 1 is 0.971 bits per heavy atom. The number of hydrogen-bond donors (Lipinski definition) is 1. The van der Waals surface area contributed by atoms with Gasteiger partial charge in [0.25, 0.3) is 0 Å². The second-order valence-electron chi connectivity index (χ2n) is 9.88. The molecule has 3 rings (SSSR count). The van der Waals surface area contributed by atoms with E-state index >= 15 is 0 Å². The van der Waals surface area contributed by atoms with Gasteiger partial charge in [-0.15, -0.1) is 4.72 Å². The van der Waals surface area contributed by atoms with Crippen LogP contribution < -0.4 is 4.72 Å². The van der Waals surface area contributed by atoms with Gasteiger partial charge in [-0.3, -0.25) is 0 Å². The van der Waals surface area contributed by atoms with E-state index in [4.69, 9.17) is 0 Å². The van der Waals surface area contributed by atoms with Crippen LogP contribution in [0.1, 0.15) is 51.8 Å². The van der Waals surface area contributed by atoms with Crippen molar-refractivity contribution in [2.24, 2.45) is 5.92 Å². The summed E-state index contributed by atoms with van der Waals surface area (Å²) in [4.78, 5) is 0. The maximum absolute atomic E-state index is 14.2. The molecule has 192 valence electrons. The Balaban J connectivity index is 2.22. The molecule has 0 fully saturated rings. The second kappa shape index (κ2) is 9.71. The van der Waals surface area contributed by atoms with Gasteiger partial charge >= 0.3 is 12.4 Å². The van der Waals surface area contributed by atoms with E-state index in [2.05, 4.69) is 4.72 Å². The number of hydrogen-bond acceptors (Lipinski definition) is 2. The molecule has 0 aliphatic carbocycles. The molecule has 10 heteroatoms. The molecule has 0 aliphatic rings. The summed E-state index contributed by atoms with van der Waals surface area (Å²) in [7, 11) is 0. The van der Waals surface area contributed by atoms with Crippen molar-refractivity contribution >= 4 is 22.3 Å². The molecule has 0 bridgehead atoms. The summed E-state index contributed by atoms with van der Waals surface area (Å²) in [5.74, 6) is 0.0607. The molecule has 0 spiro atoms. The summed E-state index contributed by atoms with van der Waals surface area (Å²) in [5, 5.41) is 0.236. The normalized spacial score (nSPS) is 15.1. The second-order valence-corrected chi connectivity index (χ2v) is 11.9. The minimum absolute atomic E-state index is 0.0555. The van der Waals surface area contributed by atoms with Gasteiger partial charge in [-0.25, -0.2) is 0 Å². The molecule has 2 atom stereocenters. The van der Waals surface area contributed by atoms with E-state index in [1.54, 1.807) is 25.3 Å². The van der Waals surface area contributed by atoms with Crippen LogP contribution in [-0.2, 0) is 24.1 Å². The first-order valence-electron chi connectivity index (χ1n) is 11.0. The van der Waals surface area contributed by atoms with Gasteiger partial charge in [0.1, 0.15) is 4.75 Å². The summed E-state index contributed by atoms with van der Waals surface area (Å²) >= 11 is -2.01. The molecule has 1 heterocycles. The number of fused-ring (bicyclic) bond motifs is 1. The van der Waals surface area contributed by atoms with E-state index in [1.165, 1.54) is 42.6 Å². The lowest BCUT2D eigenvalue weighted by Gasteiger charge is -2.29. The number of aromatic nitrogens is 1. The van der Waals surface area contributed by atoms with Crippen molar-refractivity contribution in [3.8, 4) is 11.1 Å². The van der Waals surface area contributed by atoms with Crippen molar-refractivity contribution in [2.75, 3.05) is 0 Å². The highest BCUT2D eigenvalue weighted by atomic mass is 32.2. The van der Waals surface area contributed by atoms with E-state index < -0.39 is 40.1 Å². The summed E-state index contributed by atoms with van der Waals surface area (Å²) in [6.45, 7) is 8.83. The van der Waals surface area contributed by atoms with Crippen molar-refractivity contribution in [1.82, 2.24) is 9.29 Å². The number of nitrogens with zero attached hydrogens (tertiary/aromatic N) is 1. The summed E-state index contributed by atoms with van der Waals surface area (Å²) < 4.78 is 98.7. The van der Waals surface area contributed by atoms with Gasteiger partial charge < -0.3 is 9.12 Å². The molecule has 0 saturated carbocycles. The standard InChI is InChI=1S/C25H28F6N2OS/c1-15(2)13-33-14-19(22(25(29,30)31)32-35(34)23(3,4)5)18-11-10-16(12-21(18)33)17-8-6-7-9-20(17)24(26,27)28/h6-12,14-15,22,32H,13H2,1-5H3/t22-,35?/m1/s1. The molecule has 1 aromatic heterocycles. The van der Waals surface area contributed by atoms with Crippen LogP contribution in [0.4, 0.5) is 26.3 Å². The summed E-state index contributed by atoms with van der Waals surface area (Å²) in [6, 6.07) is 7.16. The predicted octanol–water partition coefficient (Wildman–Crippen LogP) is 7.64. The van der Waals surface area contributed by atoms with E-state index in [0.29, 0.717) is 12.1 Å². The SMILES string of the molecule is CC(C)Cn1cc([C@@H](N[S+]([O-])C(C)(C)C)C(F)(F)F)c2ccc(-c3ccccc3C(F)(F)F)cc21. The first-order chi connectivity index (χ1) is 16.0. The highest BCUT2D eigenvalue weighted by Gasteiger charge is 2.47. The van der Waals surface area contributed by atoms with Gasteiger partial charge in [0.05, 0.1) is 5.56 Å². The zero-order chi connectivity index (χ0) is 26.3. The average Bonchev–Trinajstić information content (AvgIpc) is 3.06. The first-order valence-corrected chi connectivity index (χ1v) is 12.2. The fraction of sp³-hybridized carbons (Fsp3) is 0.440. The van der Waals surface area contributed by atoms with Crippen molar-refractivity contribution in [2.45, 2.75) is 64.3 Å². The first kappa shape index (κ1) is 27.4. The Bertz CT molecular complexity index is 1180. The highest BCUT2D eigenvalue weighted by molar-refractivity contribution is 7.90. The predicted molar refractivity (Wildman–Crippen MR) is 127 cm³/mol. The number of halogens is 6. The van der Waals surface area contributed by atoms with Crippen LogP contribution in [0.15, 0.2) is 48.7 Å². The lowest BCUT2D eigenvalue weighted by atomic mass is 9.97. The van der Waals surface area contributed by atoms with Crippen LogP contribution in [0.2, 0.25) is 0 Å². The van der Waals surface area contributed by atoms with Crippen LogP contribution in [0, 0.1) is 5.92 Å². The van der Waals surface area contributed by atoms with Crippen LogP contribution in [0.3, 0.4) is 0 Å². The van der Waals surface area contributed by atoms with Crippen molar-refractivity contribution in [1.29, 1.82) is 0 Å². The van der Waals surface area contributed by atoms with Crippen molar-refractivity contribution < 1.29 is 30.9 Å². The van der Waals surface area contributed by atoms with Gasteiger partial charge in [0.15, 0.2) is 6.04 Å². The topological polar surface area (TPSA) is 40.0 Å². The lowest BCUT2D eigenvalue weighted by Crippen LogP contribution is -2.45. The Kier molecular flexibility index (Phi) is 7.60. The van der Waals surface area contributed by atoms with Gasteiger partial charge in [-0.2, -0.15) is 26.3 Å². The maximum atomic E-state index is 14.2. The summed E-state index contributed by atoms with van der Waals surface area (Å²) in [5.41, 5.74) is -0.380. The Morgan fingerprint density at radius 3 is 2.14 bits per heavy atom. The molecule has 0 saturated heterocycles. The summed E-state index contributed by atoms with van der Waals surface area (Å²) in [6.07, 6.45) is -7.98. The van der Waals surface area contributed by atoms with E-state index in [-0.39, 0.29) is 28.0 Å². The molecule has 35 heavy (non-hydrogen) atoms. The molecular formula is C25H28F6N2OS. The van der Waals surface area contributed by atoms with Gasteiger partial charge in [-0.05, 0) is 49.9 Å². The number of nitrogens with one attached hydrogen (secondary N) is 1. The number of benzene rings is 2. The third-order valence-electron chi connectivity index (χ3n) is 5.44. The van der Waals surface area contributed by atoms with E-state index in [0.717, 1.165) is 6.07 Å². The molecule has 0 radical (unpaired) electrons. The van der Waals surface area contributed by atoms with E-state index in [9.17, 15) is 30.9 Å². The molecule has 3 aromatic rings. The van der Waals surface area contributed by atoms with E-state index in [1.807, 2.05) is 13.8 Å². The molecular weight excluding hydrogens is 490 g/mol. The Hall–Kier alpha value is -2.17. The molecule has 0 aliphatic heterocycles. The zero-order valence-corrected chi connectivity index (χ0v) is 20.8. The fourth-order valence-electron chi connectivity index (χ4n) is 3.83. The van der Waals surface area contributed by atoms with Gasteiger partial charge in [0.2, 0.25) is 0 Å². The Labute approximate surface area is 203 Å². The molecule has 1 unspecified atom stereocenters. The smallest absolute Gasteiger partial charge is 0.417 e. The largest absolute Gasteiger partial charge is 0.598 e. The zero-order valence-electron chi connectivity index (χ0n) is 20.0. The van der Waals surface area contributed by atoms with Gasteiger partial charge in [0, 0.05) is 40.6 Å². The maximum Gasteiger partial charge on any atom is 0.417 e. The molecule has 0 amide bonds.